The van der Waals surface area contributed by atoms with E-state index in [0.717, 1.165) is 16.7 Å². The molecule has 3 rings (SSSR count). The molecular weight excluding hydrogens is 415 g/mol. The molecule has 0 aliphatic rings. The van der Waals surface area contributed by atoms with Crippen molar-refractivity contribution in [3.05, 3.63) is 88.7 Å². The highest BCUT2D eigenvalue weighted by molar-refractivity contribution is 5.95. The van der Waals surface area contributed by atoms with Crippen LogP contribution in [0.2, 0.25) is 0 Å². The molecule has 2 aromatic carbocycles. The number of pyridine rings is 1. The Morgan fingerprint density at radius 3 is 2.07 bits per heavy atom. The summed E-state index contributed by atoms with van der Waals surface area (Å²) in [5.74, 6) is -0.315. The van der Waals surface area contributed by atoms with Gasteiger partial charge in [0.05, 0.1) is 11.0 Å². The van der Waals surface area contributed by atoms with Crippen molar-refractivity contribution < 1.29 is 9.72 Å². The van der Waals surface area contributed by atoms with Crippen LogP contribution in [0.3, 0.4) is 0 Å². The van der Waals surface area contributed by atoms with E-state index in [0.29, 0.717) is 12.1 Å². The summed E-state index contributed by atoms with van der Waals surface area (Å²) in [5.41, 5.74) is 9.44. The minimum atomic E-state index is -0.758. The fourth-order valence-corrected chi connectivity index (χ4v) is 2.63. The Labute approximate surface area is 180 Å². The predicted octanol–water partition coefficient (Wildman–Crippen LogP) is 4.01. The molecule has 0 aliphatic heterocycles. The second-order valence-corrected chi connectivity index (χ2v) is 6.04. The van der Waals surface area contributed by atoms with Gasteiger partial charge in [-0.2, -0.15) is 0 Å². The molecule has 152 valence electrons. The summed E-state index contributed by atoms with van der Waals surface area (Å²) in [6.07, 6.45) is 3.74. The molecule has 0 unspecified atom stereocenters. The second-order valence-electron chi connectivity index (χ2n) is 6.04. The third kappa shape index (κ3) is 6.53. The van der Waals surface area contributed by atoms with Crippen LogP contribution in [0, 0.1) is 10.1 Å². The zero-order chi connectivity index (χ0) is 19.2. The molecule has 0 saturated carbocycles. The lowest BCUT2D eigenvalue weighted by atomic mass is 10.0. The molecule has 0 aliphatic carbocycles. The molecule has 9 heteroatoms. The minimum Gasteiger partial charge on any atom is -0.325 e. The number of hydrogen-bond donors (Lipinski definition) is 2. The maximum Gasteiger partial charge on any atom is 0.269 e. The van der Waals surface area contributed by atoms with Gasteiger partial charge in [-0.05, 0) is 47.4 Å². The van der Waals surface area contributed by atoms with Crippen molar-refractivity contribution in [1.82, 2.24) is 4.98 Å². The summed E-state index contributed by atoms with van der Waals surface area (Å²) in [6.45, 7) is 0. The van der Waals surface area contributed by atoms with Crippen molar-refractivity contribution in [2.45, 2.75) is 12.5 Å². The van der Waals surface area contributed by atoms with Gasteiger partial charge in [-0.15, -0.1) is 24.8 Å². The van der Waals surface area contributed by atoms with Crippen LogP contribution < -0.4 is 11.1 Å². The van der Waals surface area contributed by atoms with Gasteiger partial charge in [0.15, 0.2) is 0 Å². The highest BCUT2D eigenvalue weighted by Crippen LogP contribution is 2.20. The normalized spacial score (nSPS) is 10.8. The first-order valence-electron chi connectivity index (χ1n) is 8.33. The lowest BCUT2D eigenvalue weighted by Gasteiger charge is -2.13. The van der Waals surface area contributed by atoms with E-state index < -0.39 is 11.0 Å². The Balaban J connectivity index is 0.00000210. The van der Waals surface area contributed by atoms with Gasteiger partial charge in [-0.25, -0.2) is 0 Å². The third-order valence-electron chi connectivity index (χ3n) is 4.11. The van der Waals surface area contributed by atoms with Gasteiger partial charge in [0, 0.05) is 30.2 Å². The number of amides is 1. The van der Waals surface area contributed by atoms with E-state index in [1.807, 2.05) is 36.4 Å². The number of carbonyl (C=O) groups is 1. The summed E-state index contributed by atoms with van der Waals surface area (Å²) >= 11 is 0. The van der Waals surface area contributed by atoms with E-state index in [2.05, 4.69) is 10.3 Å². The van der Waals surface area contributed by atoms with Crippen LogP contribution in [0.25, 0.3) is 11.1 Å². The molecule has 0 radical (unpaired) electrons. The van der Waals surface area contributed by atoms with Gasteiger partial charge in [0.25, 0.3) is 5.69 Å². The standard InChI is InChI=1S/C20H18N4O3.2ClH/c21-19(13-14-1-7-18(8-2-14)24(26)27)20(25)23-17-5-3-15(4-6-17)16-9-11-22-12-10-16;;/h1-12,19H,13,21H2,(H,23,25);2*1H/t19-;;/m1../s1. The first kappa shape index (κ1) is 24.0. The molecule has 0 fully saturated rings. The van der Waals surface area contributed by atoms with Crippen LogP contribution in [0.1, 0.15) is 5.56 Å². The number of benzene rings is 2. The Hall–Kier alpha value is -3.00. The van der Waals surface area contributed by atoms with Gasteiger partial charge in [-0.3, -0.25) is 19.9 Å². The molecule has 0 bridgehead atoms. The summed E-state index contributed by atoms with van der Waals surface area (Å²) in [5, 5.41) is 13.5. The number of nitrogens with two attached hydrogens (primary N) is 1. The number of hydrogen-bond acceptors (Lipinski definition) is 5. The molecule has 3 aromatic rings. The van der Waals surface area contributed by atoms with Crippen LogP contribution in [0.5, 0.6) is 0 Å². The largest absolute Gasteiger partial charge is 0.325 e. The molecule has 1 aromatic heterocycles. The number of nitro groups is 1. The van der Waals surface area contributed by atoms with Crippen molar-refractivity contribution in [1.29, 1.82) is 0 Å². The highest BCUT2D eigenvalue weighted by atomic mass is 35.5. The van der Waals surface area contributed by atoms with Gasteiger partial charge in [0.1, 0.15) is 0 Å². The molecule has 1 atom stereocenters. The summed E-state index contributed by atoms with van der Waals surface area (Å²) in [6, 6.07) is 16.5. The van der Waals surface area contributed by atoms with E-state index in [4.69, 9.17) is 5.73 Å². The maximum absolute atomic E-state index is 12.3. The van der Waals surface area contributed by atoms with Crippen LogP contribution in [0.4, 0.5) is 11.4 Å². The number of carbonyl (C=O) groups excluding carboxylic acids is 1. The first-order chi connectivity index (χ1) is 13.0. The maximum atomic E-state index is 12.3. The molecule has 1 amide bonds. The Kier molecular flexibility index (Phi) is 9.21. The smallest absolute Gasteiger partial charge is 0.269 e. The number of nitrogens with zero attached hydrogens (tertiary/aromatic N) is 2. The van der Waals surface area contributed by atoms with E-state index in [1.165, 1.54) is 12.1 Å². The molecule has 0 spiro atoms. The molecule has 0 saturated heterocycles. The van der Waals surface area contributed by atoms with Crippen molar-refractivity contribution in [2.75, 3.05) is 5.32 Å². The molecule has 3 N–H and O–H groups in total. The van der Waals surface area contributed by atoms with Crippen molar-refractivity contribution in [3.63, 3.8) is 0 Å². The van der Waals surface area contributed by atoms with Crippen molar-refractivity contribution in [2.24, 2.45) is 5.73 Å². The quantitative estimate of drug-likeness (QED) is 0.449. The lowest BCUT2D eigenvalue weighted by Crippen LogP contribution is -2.37. The zero-order valence-corrected chi connectivity index (χ0v) is 16.9. The van der Waals surface area contributed by atoms with Gasteiger partial charge < -0.3 is 11.1 Å². The van der Waals surface area contributed by atoms with Crippen molar-refractivity contribution >= 4 is 42.1 Å². The predicted molar refractivity (Wildman–Crippen MR) is 118 cm³/mol. The minimum absolute atomic E-state index is 0. The average Bonchev–Trinajstić information content (AvgIpc) is 2.69. The van der Waals surface area contributed by atoms with E-state index in [1.54, 1.807) is 24.5 Å². The number of anilines is 1. The number of aromatic nitrogens is 1. The third-order valence-corrected chi connectivity index (χ3v) is 4.11. The Morgan fingerprint density at radius 1 is 0.966 bits per heavy atom. The number of nitro benzene ring substituents is 1. The van der Waals surface area contributed by atoms with Crippen LogP contribution in [0.15, 0.2) is 73.1 Å². The van der Waals surface area contributed by atoms with Gasteiger partial charge in [0.2, 0.25) is 5.91 Å². The molecule has 29 heavy (non-hydrogen) atoms. The Bertz CT molecular complexity index is 936. The number of nitrogens with one attached hydrogen (secondary N) is 1. The van der Waals surface area contributed by atoms with E-state index >= 15 is 0 Å². The highest BCUT2D eigenvalue weighted by Gasteiger charge is 2.15. The topological polar surface area (TPSA) is 111 Å². The van der Waals surface area contributed by atoms with Crippen LogP contribution >= 0.6 is 24.8 Å². The lowest BCUT2D eigenvalue weighted by molar-refractivity contribution is -0.384. The molecule has 7 nitrogen and oxygen atoms in total. The average molecular weight is 435 g/mol. The fraction of sp³-hybridized carbons (Fsp3) is 0.100. The second kappa shape index (κ2) is 11.1. The van der Waals surface area contributed by atoms with Crippen LogP contribution in [-0.2, 0) is 11.2 Å². The Morgan fingerprint density at radius 2 is 1.52 bits per heavy atom. The van der Waals surface area contributed by atoms with E-state index in [9.17, 15) is 14.9 Å². The van der Waals surface area contributed by atoms with Gasteiger partial charge >= 0.3 is 0 Å². The van der Waals surface area contributed by atoms with E-state index in [-0.39, 0.29) is 36.4 Å². The SMILES string of the molecule is Cl.Cl.N[C@H](Cc1ccc([N+](=O)[O-])cc1)C(=O)Nc1ccc(-c2ccncc2)cc1. The monoisotopic (exact) mass is 434 g/mol. The fourth-order valence-electron chi connectivity index (χ4n) is 2.63. The number of non-ortho nitro benzene ring substituents is 1. The molecular formula is C20H20Cl2N4O3. The van der Waals surface area contributed by atoms with Gasteiger partial charge in [-0.1, -0.05) is 24.3 Å². The summed E-state index contributed by atoms with van der Waals surface area (Å²) in [4.78, 5) is 26.5. The number of halogens is 2. The number of rotatable bonds is 6. The zero-order valence-electron chi connectivity index (χ0n) is 15.2. The first-order valence-corrected chi connectivity index (χ1v) is 8.33. The summed E-state index contributed by atoms with van der Waals surface area (Å²) < 4.78 is 0. The summed E-state index contributed by atoms with van der Waals surface area (Å²) in [7, 11) is 0. The van der Waals surface area contributed by atoms with Crippen molar-refractivity contribution in [3.8, 4) is 11.1 Å². The molecule has 1 heterocycles. The van der Waals surface area contributed by atoms with Crippen LogP contribution in [-0.4, -0.2) is 21.9 Å².